The molecule has 1 atom stereocenters. The third-order valence-electron chi connectivity index (χ3n) is 4.63. The minimum atomic E-state index is -0.867. The van der Waals surface area contributed by atoms with Crippen LogP contribution >= 0.6 is 24.0 Å². The molecule has 1 saturated heterocycles. The van der Waals surface area contributed by atoms with Gasteiger partial charge in [0.25, 0.3) is 0 Å². The summed E-state index contributed by atoms with van der Waals surface area (Å²) in [5, 5.41) is 6.59. The Kier molecular flexibility index (Phi) is 12.3. The van der Waals surface area contributed by atoms with Gasteiger partial charge in [0.05, 0.1) is 19.8 Å². The molecule has 1 aliphatic heterocycles. The van der Waals surface area contributed by atoms with Crippen molar-refractivity contribution in [2.45, 2.75) is 45.5 Å². The van der Waals surface area contributed by atoms with Crippen LogP contribution in [0.15, 0.2) is 29.3 Å². The minimum Gasteiger partial charge on any atom is -0.379 e. The number of nitrogens with one attached hydrogen (secondary N) is 2. The molecule has 166 valence electrons. The van der Waals surface area contributed by atoms with Crippen LogP contribution in [0, 0.1) is 0 Å². The fourth-order valence-electron chi connectivity index (χ4n) is 2.94. The summed E-state index contributed by atoms with van der Waals surface area (Å²) < 4.78 is 17.5. The zero-order valence-electron chi connectivity index (χ0n) is 18.2. The van der Waals surface area contributed by atoms with Gasteiger partial charge in [-0.15, -0.1) is 24.0 Å². The first kappa shape index (κ1) is 26.3. The molecule has 1 unspecified atom stereocenters. The number of nitrogens with zero attached hydrogens (tertiary/aromatic N) is 2. The molecule has 0 amide bonds. The third kappa shape index (κ3) is 9.76. The summed E-state index contributed by atoms with van der Waals surface area (Å²) in [4.78, 5) is 7.18. The zero-order valence-corrected chi connectivity index (χ0v) is 21.3. The van der Waals surface area contributed by atoms with E-state index in [2.05, 4.69) is 46.7 Å². The van der Waals surface area contributed by atoms with Crippen LogP contribution in [0.4, 0.5) is 0 Å². The quantitative estimate of drug-likeness (QED) is 0.304. The molecule has 8 heteroatoms. The largest absolute Gasteiger partial charge is 0.379 e. The van der Waals surface area contributed by atoms with E-state index in [0.717, 1.165) is 45.4 Å². The van der Waals surface area contributed by atoms with Gasteiger partial charge in [-0.05, 0) is 38.8 Å². The van der Waals surface area contributed by atoms with Crippen molar-refractivity contribution in [3.63, 3.8) is 0 Å². The van der Waals surface area contributed by atoms with Crippen LogP contribution in [0.5, 0.6) is 0 Å². The van der Waals surface area contributed by atoms with Crippen LogP contribution in [0.2, 0.25) is 0 Å². The topological polar surface area (TPSA) is 66.0 Å². The van der Waals surface area contributed by atoms with Gasteiger partial charge in [-0.1, -0.05) is 24.3 Å². The van der Waals surface area contributed by atoms with E-state index in [9.17, 15) is 4.21 Å². The lowest BCUT2D eigenvalue weighted by molar-refractivity contribution is 0.0341. The first-order valence-electron chi connectivity index (χ1n) is 10.2. The van der Waals surface area contributed by atoms with Gasteiger partial charge in [-0.25, -0.2) is 4.99 Å². The summed E-state index contributed by atoms with van der Waals surface area (Å²) in [5.74, 6) is 1.39. The summed E-state index contributed by atoms with van der Waals surface area (Å²) in [7, 11) is -0.867. The van der Waals surface area contributed by atoms with Gasteiger partial charge in [0.1, 0.15) is 0 Å². The molecule has 29 heavy (non-hydrogen) atoms. The van der Waals surface area contributed by atoms with Gasteiger partial charge in [-0.3, -0.25) is 9.11 Å². The minimum absolute atomic E-state index is 0. The summed E-state index contributed by atoms with van der Waals surface area (Å²) in [5.41, 5.74) is 2.56. The van der Waals surface area contributed by atoms with Gasteiger partial charge in [0.15, 0.2) is 5.96 Å². The Morgan fingerprint density at radius 3 is 2.45 bits per heavy atom. The number of hydrogen-bond acceptors (Lipinski definition) is 4. The van der Waals surface area contributed by atoms with Crippen molar-refractivity contribution in [2.75, 3.05) is 45.1 Å². The maximum Gasteiger partial charge on any atom is 0.191 e. The van der Waals surface area contributed by atoms with E-state index in [4.69, 9.17) is 9.73 Å². The van der Waals surface area contributed by atoms with Crippen molar-refractivity contribution >= 4 is 40.7 Å². The highest BCUT2D eigenvalue weighted by atomic mass is 127. The van der Waals surface area contributed by atoms with Gasteiger partial charge in [0.2, 0.25) is 0 Å². The molecule has 0 bridgehead atoms. The van der Waals surface area contributed by atoms with Gasteiger partial charge in [-0.2, -0.15) is 0 Å². The molecule has 0 aromatic heterocycles. The molecule has 2 N–H and O–H groups in total. The highest BCUT2D eigenvalue weighted by Crippen LogP contribution is 2.14. The Hall–Kier alpha value is -0.710. The molecule has 0 spiro atoms. The van der Waals surface area contributed by atoms with Crippen LogP contribution in [-0.4, -0.2) is 65.0 Å². The Morgan fingerprint density at radius 2 is 1.83 bits per heavy atom. The van der Waals surface area contributed by atoms with Crippen molar-refractivity contribution in [2.24, 2.45) is 4.99 Å². The first-order chi connectivity index (χ1) is 13.4. The summed E-state index contributed by atoms with van der Waals surface area (Å²) in [6.07, 6.45) is 0. The predicted octanol–water partition coefficient (Wildman–Crippen LogP) is 2.74. The molecule has 0 radical (unpaired) electrons. The van der Waals surface area contributed by atoms with Gasteiger partial charge < -0.3 is 15.4 Å². The molecule has 1 aliphatic rings. The number of guanidine groups is 1. The predicted molar refractivity (Wildman–Crippen MR) is 134 cm³/mol. The average molecular weight is 537 g/mol. The molecule has 1 aromatic rings. The highest BCUT2D eigenvalue weighted by molar-refractivity contribution is 14.0. The lowest BCUT2D eigenvalue weighted by Gasteiger charge is -2.27. The molecular formula is C21H37IN4O2S. The highest BCUT2D eigenvalue weighted by Gasteiger charge is 2.18. The van der Waals surface area contributed by atoms with E-state index >= 15 is 0 Å². The molecule has 6 nitrogen and oxygen atoms in total. The van der Waals surface area contributed by atoms with Crippen LogP contribution in [0.3, 0.4) is 0 Å². The van der Waals surface area contributed by atoms with Crippen LogP contribution in [-0.2, 0) is 28.6 Å². The molecule has 1 heterocycles. The lowest BCUT2D eigenvalue weighted by Crippen LogP contribution is -2.40. The fraction of sp³-hybridized carbons (Fsp3) is 0.667. The van der Waals surface area contributed by atoms with Crippen molar-refractivity contribution in [3.05, 3.63) is 35.4 Å². The number of morpholine rings is 1. The molecular weight excluding hydrogens is 499 g/mol. The molecule has 1 aromatic carbocycles. The average Bonchev–Trinajstić information content (AvgIpc) is 2.67. The maximum atomic E-state index is 12.2. The van der Waals surface area contributed by atoms with E-state index in [1.807, 2.05) is 20.8 Å². The number of hydrogen-bond donors (Lipinski definition) is 2. The first-order valence-corrected chi connectivity index (χ1v) is 11.5. The fourth-order valence-corrected chi connectivity index (χ4v) is 3.84. The van der Waals surface area contributed by atoms with Crippen molar-refractivity contribution in [3.8, 4) is 0 Å². The summed E-state index contributed by atoms with van der Waals surface area (Å²) in [6.45, 7) is 14.7. The standard InChI is InChI=1S/C21H36N4O2S.HI/c1-5-22-20(23-10-15-28(26)21(2,3)4)24-16-18-8-6-7-9-19(18)17-25-11-13-27-14-12-25;/h6-9H,5,10-17H2,1-4H3,(H2,22,23,24);1H. The monoisotopic (exact) mass is 536 g/mol. The van der Waals surface area contributed by atoms with E-state index in [0.29, 0.717) is 18.8 Å². The van der Waals surface area contributed by atoms with E-state index in [1.165, 1.54) is 11.1 Å². The van der Waals surface area contributed by atoms with Crippen LogP contribution in [0.1, 0.15) is 38.8 Å². The number of rotatable bonds is 8. The van der Waals surface area contributed by atoms with Crippen molar-refractivity contribution < 1.29 is 8.95 Å². The SMILES string of the molecule is CCNC(=NCc1ccccc1CN1CCOCC1)NCCS(=O)C(C)(C)C.I. The van der Waals surface area contributed by atoms with Gasteiger partial charge >= 0.3 is 0 Å². The Morgan fingerprint density at radius 1 is 1.17 bits per heavy atom. The van der Waals surface area contributed by atoms with E-state index in [-0.39, 0.29) is 28.7 Å². The van der Waals surface area contributed by atoms with Crippen LogP contribution in [0.25, 0.3) is 0 Å². The Bertz CT molecular complexity index is 658. The zero-order chi connectivity index (χ0) is 20.4. The number of halogens is 1. The Labute approximate surface area is 195 Å². The second-order valence-electron chi connectivity index (χ2n) is 7.94. The smallest absolute Gasteiger partial charge is 0.191 e. The second-order valence-corrected chi connectivity index (χ2v) is 10.3. The van der Waals surface area contributed by atoms with Gasteiger partial charge in [0, 0.05) is 54.0 Å². The molecule has 0 aliphatic carbocycles. The summed E-state index contributed by atoms with van der Waals surface area (Å²) >= 11 is 0. The molecule has 1 fully saturated rings. The number of aliphatic imine (C=N–C) groups is 1. The van der Waals surface area contributed by atoms with Crippen molar-refractivity contribution in [1.29, 1.82) is 0 Å². The van der Waals surface area contributed by atoms with E-state index in [1.54, 1.807) is 0 Å². The number of ether oxygens (including phenoxy) is 1. The Balaban J connectivity index is 0.00000420. The normalized spacial score (nSPS) is 16.8. The maximum absolute atomic E-state index is 12.2. The number of benzene rings is 1. The second kappa shape index (κ2) is 13.6. The third-order valence-corrected chi connectivity index (χ3v) is 6.57. The van der Waals surface area contributed by atoms with Crippen molar-refractivity contribution in [1.82, 2.24) is 15.5 Å². The van der Waals surface area contributed by atoms with Crippen LogP contribution < -0.4 is 10.6 Å². The molecule has 2 rings (SSSR count). The summed E-state index contributed by atoms with van der Waals surface area (Å²) in [6, 6.07) is 8.50. The lowest BCUT2D eigenvalue weighted by atomic mass is 10.1. The van der Waals surface area contributed by atoms with E-state index < -0.39 is 10.8 Å². The molecule has 0 saturated carbocycles.